The molecule has 0 fully saturated rings. The van der Waals surface area contributed by atoms with Gasteiger partial charge in [0, 0.05) is 19.3 Å². The summed E-state index contributed by atoms with van der Waals surface area (Å²) in [6, 6.07) is 8.31. The van der Waals surface area contributed by atoms with Crippen LogP contribution in [0.2, 0.25) is 0 Å². The summed E-state index contributed by atoms with van der Waals surface area (Å²) >= 11 is 0. The van der Waals surface area contributed by atoms with Gasteiger partial charge in [0.15, 0.2) is 0 Å². The number of nitriles is 1. The van der Waals surface area contributed by atoms with Crippen LogP contribution in [0.5, 0.6) is 0 Å². The highest BCUT2D eigenvalue weighted by molar-refractivity contribution is 5.91. The number of carbonyl (C=O) groups excluding carboxylic acids is 1. The molecule has 2 amide bonds. The quantitative estimate of drug-likeness (QED) is 0.857. The van der Waals surface area contributed by atoms with Crippen LogP contribution < -0.4 is 10.2 Å². The Balaban J connectivity index is 2.50. The highest BCUT2D eigenvalue weighted by Gasteiger charge is 2.13. The lowest BCUT2D eigenvalue weighted by Crippen LogP contribution is -2.38. The molecule has 0 bridgehead atoms. The van der Waals surface area contributed by atoms with Crippen molar-refractivity contribution in [1.29, 1.82) is 5.26 Å². The van der Waals surface area contributed by atoms with E-state index in [9.17, 15) is 9.59 Å². The number of anilines is 1. The minimum absolute atomic E-state index is 0.299. The summed E-state index contributed by atoms with van der Waals surface area (Å²) in [5.41, 5.74) is 1.19. The number of nitrogens with one attached hydrogen (secondary N) is 1. The number of hydrogen-bond acceptors (Lipinski definition) is 3. The number of carboxylic acids is 1. The Labute approximate surface area is 117 Å². The summed E-state index contributed by atoms with van der Waals surface area (Å²) in [7, 11) is 1.61. The second-order valence-electron chi connectivity index (χ2n) is 4.48. The van der Waals surface area contributed by atoms with Crippen molar-refractivity contribution in [2.24, 2.45) is 5.92 Å². The molecule has 0 radical (unpaired) electrons. The number of benzene rings is 1. The van der Waals surface area contributed by atoms with Crippen LogP contribution in [0.25, 0.3) is 0 Å². The van der Waals surface area contributed by atoms with E-state index in [1.165, 1.54) is 4.90 Å². The Morgan fingerprint density at radius 3 is 2.50 bits per heavy atom. The number of hydrogen-bond donors (Lipinski definition) is 2. The van der Waals surface area contributed by atoms with Gasteiger partial charge in [-0.15, -0.1) is 0 Å². The highest BCUT2D eigenvalue weighted by atomic mass is 16.4. The number of carbonyl (C=O) groups is 2. The largest absolute Gasteiger partial charge is 0.481 e. The number of amides is 2. The van der Waals surface area contributed by atoms with E-state index < -0.39 is 11.9 Å². The van der Waals surface area contributed by atoms with Crippen LogP contribution in [0, 0.1) is 17.2 Å². The van der Waals surface area contributed by atoms with Crippen LogP contribution in [0.15, 0.2) is 24.3 Å². The topological polar surface area (TPSA) is 93.4 Å². The Morgan fingerprint density at radius 1 is 1.40 bits per heavy atom. The molecule has 6 heteroatoms. The fourth-order valence-electron chi connectivity index (χ4n) is 1.51. The molecule has 0 aliphatic heterocycles. The molecule has 6 nitrogen and oxygen atoms in total. The molecule has 1 unspecified atom stereocenters. The second kappa shape index (κ2) is 7.14. The Kier molecular flexibility index (Phi) is 5.54. The predicted octanol–water partition coefficient (Wildman–Crippen LogP) is 1.81. The molecule has 2 N–H and O–H groups in total. The molecule has 0 aliphatic rings. The number of carboxylic acid groups (broad SMARTS) is 1. The Bertz CT molecular complexity index is 519. The van der Waals surface area contributed by atoms with Crippen molar-refractivity contribution in [3.63, 3.8) is 0 Å². The minimum atomic E-state index is -0.875. The van der Waals surface area contributed by atoms with E-state index in [1.807, 2.05) is 6.07 Å². The molecule has 1 atom stereocenters. The predicted molar refractivity (Wildman–Crippen MR) is 74.4 cm³/mol. The van der Waals surface area contributed by atoms with E-state index in [-0.39, 0.29) is 6.03 Å². The number of rotatable bonds is 5. The van der Waals surface area contributed by atoms with Crippen molar-refractivity contribution >= 4 is 17.7 Å². The van der Waals surface area contributed by atoms with Crippen molar-refractivity contribution < 1.29 is 14.7 Å². The summed E-state index contributed by atoms with van der Waals surface area (Å²) in [5.74, 6) is -1.37. The molecular formula is C14H17N3O3. The number of urea groups is 1. The number of nitrogens with zero attached hydrogens (tertiary/aromatic N) is 2. The first-order chi connectivity index (χ1) is 9.45. The van der Waals surface area contributed by atoms with Gasteiger partial charge in [0.2, 0.25) is 0 Å². The smallest absolute Gasteiger partial charge is 0.321 e. The monoisotopic (exact) mass is 275 g/mol. The molecule has 1 aromatic carbocycles. The van der Waals surface area contributed by atoms with Crippen LogP contribution in [0.4, 0.5) is 10.5 Å². The third-order valence-corrected chi connectivity index (χ3v) is 2.96. The zero-order valence-electron chi connectivity index (χ0n) is 11.5. The molecule has 0 saturated carbocycles. The maximum absolute atomic E-state index is 11.9. The van der Waals surface area contributed by atoms with Crippen molar-refractivity contribution in [2.45, 2.75) is 13.3 Å². The first-order valence-corrected chi connectivity index (χ1v) is 6.20. The minimum Gasteiger partial charge on any atom is -0.481 e. The summed E-state index contributed by atoms with van der Waals surface area (Å²) in [6.45, 7) is 1.89. The molecule has 20 heavy (non-hydrogen) atoms. The van der Waals surface area contributed by atoms with Gasteiger partial charge in [0.05, 0.1) is 17.6 Å². The van der Waals surface area contributed by atoms with E-state index >= 15 is 0 Å². The van der Waals surface area contributed by atoms with E-state index in [4.69, 9.17) is 10.4 Å². The zero-order valence-corrected chi connectivity index (χ0v) is 11.5. The van der Waals surface area contributed by atoms with Gasteiger partial charge >= 0.3 is 12.0 Å². The SMILES string of the molecule is CC(CCNC(=O)N(C)c1ccc(C#N)cc1)C(=O)O. The van der Waals surface area contributed by atoms with Crippen LogP contribution in [-0.4, -0.2) is 30.7 Å². The number of aliphatic carboxylic acids is 1. The molecule has 0 saturated heterocycles. The van der Waals surface area contributed by atoms with E-state index in [0.29, 0.717) is 24.2 Å². The summed E-state index contributed by atoms with van der Waals surface area (Å²) in [5, 5.41) is 20.1. The second-order valence-corrected chi connectivity index (χ2v) is 4.48. The summed E-state index contributed by atoms with van der Waals surface area (Å²) in [6.07, 6.45) is 0.377. The standard InChI is InChI=1S/C14H17N3O3/c1-10(13(18)19)7-8-16-14(20)17(2)12-5-3-11(9-15)4-6-12/h3-6,10H,7-8H2,1-2H3,(H,16,20)(H,18,19). The van der Waals surface area contributed by atoms with Crippen molar-refractivity contribution in [2.75, 3.05) is 18.5 Å². The average molecular weight is 275 g/mol. The molecule has 0 aromatic heterocycles. The maximum atomic E-state index is 11.9. The molecular weight excluding hydrogens is 258 g/mol. The lowest BCUT2D eigenvalue weighted by atomic mass is 10.1. The van der Waals surface area contributed by atoms with Crippen LogP contribution in [0.3, 0.4) is 0 Å². The molecule has 1 aromatic rings. The van der Waals surface area contributed by atoms with Crippen molar-refractivity contribution in [1.82, 2.24) is 5.32 Å². The van der Waals surface area contributed by atoms with Gasteiger partial charge in [-0.2, -0.15) is 5.26 Å². The van der Waals surface area contributed by atoms with E-state index in [1.54, 1.807) is 38.2 Å². The third kappa shape index (κ3) is 4.28. The molecule has 0 aliphatic carbocycles. The van der Waals surface area contributed by atoms with Crippen LogP contribution >= 0.6 is 0 Å². The lowest BCUT2D eigenvalue weighted by Gasteiger charge is -2.18. The molecule has 0 spiro atoms. The lowest BCUT2D eigenvalue weighted by molar-refractivity contribution is -0.141. The van der Waals surface area contributed by atoms with Gasteiger partial charge in [-0.3, -0.25) is 9.69 Å². The highest BCUT2D eigenvalue weighted by Crippen LogP contribution is 2.13. The third-order valence-electron chi connectivity index (χ3n) is 2.96. The fourth-order valence-corrected chi connectivity index (χ4v) is 1.51. The fraction of sp³-hybridized carbons (Fsp3) is 0.357. The van der Waals surface area contributed by atoms with Gasteiger partial charge in [-0.25, -0.2) is 4.79 Å². The first kappa shape index (κ1) is 15.5. The van der Waals surface area contributed by atoms with Gasteiger partial charge in [0.1, 0.15) is 0 Å². The molecule has 0 heterocycles. The van der Waals surface area contributed by atoms with Crippen molar-refractivity contribution in [3.05, 3.63) is 29.8 Å². The Hall–Kier alpha value is -2.55. The zero-order chi connectivity index (χ0) is 15.1. The summed E-state index contributed by atoms with van der Waals surface area (Å²) < 4.78 is 0. The summed E-state index contributed by atoms with van der Waals surface area (Å²) in [4.78, 5) is 23.9. The normalized spacial score (nSPS) is 11.2. The van der Waals surface area contributed by atoms with Gasteiger partial charge in [-0.05, 0) is 30.7 Å². The Morgan fingerprint density at radius 2 is 2.00 bits per heavy atom. The molecule has 1 rings (SSSR count). The van der Waals surface area contributed by atoms with Crippen molar-refractivity contribution in [3.8, 4) is 6.07 Å². The van der Waals surface area contributed by atoms with Crippen LogP contribution in [-0.2, 0) is 4.79 Å². The molecule has 106 valence electrons. The average Bonchev–Trinajstić information content (AvgIpc) is 2.46. The van der Waals surface area contributed by atoms with Gasteiger partial charge in [-0.1, -0.05) is 6.92 Å². The van der Waals surface area contributed by atoms with Crippen LogP contribution in [0.1, 0.15) is 18.9 Å². The van der Waals surface area contributed by atoms with E-state index in [2.05, 4.69) is 5.32 Å². The van der Waals surface area contributed by atoms with Gasteiger partial charge < -0.3 is 10.4 Å². The maximum Gasteiger partial charge on any atom is 0.321 e. The van der Waals surface area contributed by atoms with Gasteiger partial charge in [0.25, 0.3) is 0 Å². The van der Waals surface area contributed by atoms with E-state index in [0.717, 1.165) is 0 Å². The first-order valence-electron chi connectivity index (χ1n) is 6.20.